The van der Waals surface area contributed by atoms with Gasteiger partial charge in [-0.1, -0.05) is 46.2 Å². The first-order chi connectivity index (χ1) is 46.8. The van der Waals surface area contributed by atoms with Crippen molar-refractivity contribution in [1.82, 2.24) is 61.3 Å². The van der Waals surface area contributed by atoms with Crippen molar-refractivity contribution in [3.8, 4) is 5.75 Å². The number of nitrogens with two attached hydrogens (primary N) is 4. The maximum absolute atomic E-state index is 15.1. The predicted octanol–water partition coefficient (Wildman–Crippen LogP) is -3.03. The van der Waals surface area contributed by atoms with Crippen LogP contribution in [0.5, 0.6) is 5.75 Å². The number of aliphatic imine (C=N–C) groups is 1. The van der Waals surface area contributed by atoms with E-state index in [4.69, 9.17) is 28.3 Å². The number of imide groups is 1. The molecule has 3 fully saturated rings. The molecular formula is C62H100N18O19. The highest BCUT2D eigenvalue weighted by molar-refractivity contribution is 5.99. The lowest BCUT2D eigenvalue weighted by molar-refractivity contribution is -0.144. The van der Waals surface area contributed by atoms with Crippen LogP contribution in [0.15, 0.2) is 29.3 Å². The van der Waals surface area contributed by atoms with Gasteiger partial charge in [0.15, 0.2) is 11.9 Å². The second-order valence-electron chi connectivity index (χ2n) is 25.4. The fourth-order valence-corrected chi connectivity index (χ4v) is 12.2. The van der Waals surface area contributed by atoms with Crippen LogP contribution < -0.4 is 54.8 Å². The number of carbonyl (C=O) groups excluding carboxylic acids is 8. The van der Waals surface area contributed by atoms with Crippen LogP contribution in [-0.4, -0.2) is 282 Å². The molecule has 552 valence electrons. The molecule has 1 aromatic rings. The summed E-state index contributed by atoms with van der Waals surface area (Å²) in [5, 5.41) is 82.8. The molecule has 99 heavy (non-hydrogen) atoms. The van der Waals surface area contributed by atoms with Crippen molar-refractivity contribution in [3.05, 3.63) is 29.8 Å². The molecule has 3 aliphatic rings. The summed E-state index contributed by atoms with van der Waals surface area (Å²) in [5.74, 6) is -12.6. The first kappa shape index (κ1) is 81.8. The van der Waals surface area contributed by atoms with Gasteiger partial charge in [-0.3, -0.25) is 68.1 Å². The number of carboxylic acids is 4. The van der Waals surface area contributed by atoms with E-state index in [1.807, 2.05) is 0 Å². The van der Waals surface area contributed by atoms with E-state index in [9.17, 15) is 83.4 Å². The SMILES string of the molecule is CC[C@H](C)[C@H](NC(=O)[C@H](Cc1ccc(O)cc1)NC(=O)[C@@H]1CCCN1C(=O)[C@H](CCCN=C(N)N)NC(=O)[C@@H](NC(=O)[C@@H]1CCCN1C(=O)[C@@H](CCCCN)NC(=O)N(CCN(CCN(CC(=O)O)CC(=O)O)CC(=O)O)C(=O)O)C1CCCN1C(=N)N)C(=O)N[C@@H](CC(C)C)C(=O)O. The number of guanidine groups is 2. The molecule has 0 saturated carbocycles. The minimum absolute atomic E-state index is 0.0165. The lowest BCUT2D eigenvalue weighted by Crippen LogP contribution is -2.64. The van der Waals surface area contributed by atoms with Crippen molar-refractivity contribution < 1.29 is 93.0 Å². The van der Waals surface area contributed by atoms with E-state index in [0.29, 0.717) is 24.8 Å². The number of phenols is 1. The number of aromatic hydroxyl groups is 1. The maximum atomic E-state index is 15.1. The Kier molecular flexibility index (Phi) is 33.3. The Bertz CT molecular complexity index is 3010. The van der Waals surface area contributed by atoms with Gasteiger partial charge in [0.1, 0.15) is 54.1 Å². The number of carboxylic acid groups (broad SMARTS) is 5. The molecule has 10 amide bonds. The molecule has 3 heterocycles. The van der Waals surface area contributed by atoms with E-state index in [1.165, 1.54) is 34.1 Å². The number of nitrogens with one attached hydrogen (secondary N) is 7. The number of aliphatic carboxylic acids is 4. The molecule has 0 aliphatic carbocycles. The lowest BCUT2D eigenvalue weighted by atomic mass is 9.96. The van der Waals surface area contributed by atoms with Crippen LogP contribution in [0, 0.1) is 17.2 Å². The zero-order chi connectivity index (χ0) is 73.8. The first-order valence-electron chi connectivity index (χ1n) is 33.2. The second kappa shape index (κ2) is 40.3. The third kappa shape index (κ3) is 26.3. The van der Waals surface area contributed by atoms with Gasteiger partial charge in [0, 0.05) is 58.8 Å². The molecule has 0 spiro atoms. The summed E-state index contributed by atoms with van der Waals surface area (Å²) in [6.45, 7) is 3.44. The summed E-state index contributed by atoms with van der Waals surface area (Å²) in [5.41, 5.74) is 23.5. The number of rotatable bonds is 41. The molecule has 37 heteroatoms. The average Bonchev–Trinajstić information content (AvgIpc) is 1.72. The molecule has 4 rings (SSSR count). The van der Waals surface area contributed by atoms with Crippen molar-refractivity contribution in [2.45, 2.75) is 172 Å². The normalized spacial score (nSPS) is 18.0. The summed E-state index contributed by atoms with van der Waals surface area (Å²) in [4.78, 5) is 186. The fourth-order valence-electron chi connectivity index (χ4n) is 12.2. The minimum Gasteiger partial charge on any atom is -0.508 e. The van der Waals surface area contributed by atoms with E-state index in [2.05, 4.69) is 36.9 Å². The van der Waals surface area contributed by atoms with Gasteiger partial charge < -0.3 is 100 Å². The molecule has 10 atom stereocenters. The number of benzene rings is 1. The molecule has 0 aromatic heterocycles. The average molecular weight is 1400 g/mol. The smallest absolute Gasteiger partial charge is 0.415 e. The van der Waals surface area contributed by atoms with Crippen LogP contribution >= 0.6 is 0 Å². The van der Waals surface area contributed by atoms with Gasteiger partial charge in [-0.25, -0.2) is 19.3 Å². The van der Waals surface area contributed by atoms with Crippen molar-refractivity contribution in [2.24, 2.45) is 39.8 Å². The van der Waals surface area contributed by atoms with Gasteiger partial charge in [0.05, 0.1) is 25.7 Å². The largest absolute Gasteiger partial charge is 0.508 e. The summed E-state index contributed by atoms with van der Waals surface area (Å²) < 4.78 is 0. The molecule has 3 aliphatic heterocycles. The van der Waals surface area contributed by atoms with Crippen LogP contribution in [-0.2, 0) is 59.2 Å². The van der Waals surface area contributed by atoms with Crippen molar-refractivity contribution >= 4 is 89.3 Å². The van der Waals surface area contributed by atoms with Gasteiger partial charge in [-0.2, -0.15) is 0 Å². The van der Waals surface area contributed by atoms with Gasteiger partial charge in [0.25, 0.3) is 0 Å². The Labute approximate surface area is 573 Å². The molecule has 3 saturated heterocycles. The van der Waals surface area contributed by atoms with Crippen molar-refractivity contribution in [1.29, 1.82) is 5.41 Å². The van der Waals surface area contributed by atoms with Gasteiger partial charge >= 0.3 is 36.0 Å². The topological polar surface area (TPSA) is 575 Å². The van der Waals surface area contributed by atoms with E-state index in [-0.39, 0.29) is 139 Å². The van der Waals surface area contributed by atoms with Gasteiger partial charge in [-0.05, 0) is 113 Å². The van der Waals surface area contributed by atoms with Crippen LogP contribution in [0.3, 0.4) is 0 Å². The third-order valence-electron chi connectivity index (χ3n) is 17.4. The lowest BCUT2D eigenvalue weighted by Gasteiger charge is -2.35. The minimum atomic E-state index is -1.81. The Morgan fingerprint density at radius 2 is 1.12 bits per heavy atom. The van der Waals surface area contributed by atoms with E-state index in [1.54, 1.807) is 27.7 Å². The van der Waals surface area contributed by atoms with Crippen molar-refractivity contribution in [2.75, 3.05) is 78.5 Å². The van der Waals surface area contributed by atoms with Crippen LogP contribution in [0.1, 0.15) is 117 Å². The van der Waals surface area contributed by atoms with Crippen LogP contribution in [0.2, 0.25) is 0 Å². The predicted molar refractivity (Wildman–Crippen MR) is 355 cm³/mol. The Morgan fingerprint density at radius 1 is 0.606 bits per heavy atom. The second-order valence-corrected chi connectivity index (χ2v) is 25.4. The molecular weight excluding hydrogens is 1300 g/mol. The molecule has 21 N–H and O–H groups in total. The van der Waals surface area contributed by atoms with E-state index < -0.39 is 176 Å². The zero-order valence-corrected chi connectivity index (χ0v) is 56.5. The van der Waals surface area contributed by atoms with Crippen LogP contribution in [0.25, 0.3) is 0 Å². The highest BCUT2D eigenvalue weighted by Gasteiger charge is 2.46. The molecule has 37 nitrogen and oxygen atoms in total. The Morgan fingerprint density at radius 3 is 1.65 bits per heavy atom. The number of amides is 10. The van der Waals surface area contributed by atoms with E-state index >= 15 is 9.59 Å². The van der Waals surface area contributed by atoms with Gasteiger partial charge in [-0.15, -0.1) is 0 Å². The number of hydrogen-bond acceptors (Lipinski definition) is 19. The maximum Gasteiger partial charge on any atom is 0.415 e. The Balaban J connectivity index is 1.65. The Hall–Kier alpha value is -9.65. The highest BCUT2D eigenvalue weighted by atomic mass is 16.4. The number of hydrogen-bond donors (Lipinski definition) is 17. The number of unbranched alkanes of at least 4 members (excludes halogenated alkanes) is 1. The zero-order valence-electron chi connectivity index (χ0n) is 56.5. The molecule has 0 radical (unpaired) electrons. The van der Waals surface area contributed by atoms with E-state index in [0.717, 1.165) is 14.7 Å². The standard InChI is InChI=1S/C62H100N18O19/c1-5-36(4)49(54(91)71-42(58(95)96)30-35(2)3)73-51(88)41(31-37-17-19-38(81)20-18-37)70-52(89)44-15-10-23-77(44)56(93)39(13-8-22-68-59(64)65)69-55(92)50(43-14-9-25-79(43)60(66)67)74-53(90)45-16-11-24-78(45)57(94)40(12-6-7-21-63)72-61(97)80(62(98)99)29-28-75(32-46(82)83)26-27-76(33-47(84)85)34-48(86)87/h17-20,35-36,39-45,49-50,81H,5-16,21-34,63H2,1-4H3,(H3,66,67)(H,69,92)(H,70,89)(H,71,91)(H,72,97)(H,73,88)(H,74,90)(H,82,83)(H,84,85)(H,86,87)(H,95,96)(H,98,99)(H4,64,65,68)/t36-,39-,40+,41-,42-,43?,44-,45-,49-,50-/m0/s1. The van der Waals surface area contributed by atoms with Gasteiger partial charge in [0.2, 0.25) is 41.4 Å². The summed E-state index contributed by atoms with van der Waals surface area (Å²) in [6, 6.07) is -7.63. The highest BCUT2D eigenvalue weighted by Crippen LogP contribution is 2.26. The summed E-state index contributed by atoms with van der Waals surface area (Å²) >= 11 is 0. The molecule has 1 aromatic carbocycles. The van der Waals surface area contributed by atoms with Crippen molar-refractivity contribution in [3.63, 3.8) is 0 Å². The number of phenolic OH excluding ortho intramolecular Hbond substituents is 1. The monoisotopic (exact) mass is 1400 g/mol. The summed E-state index contributed by atoms with van der Waals surface area (Å²) in [7, 11) is 0. The first-order valence-corrected chi connectivity index (χ1v) is 33.2. The molecule has 1 unspecified atom stereocenters. The number of nitrogens with zero attached hydrogens (tertiary/aromatic N) is 7. The fraction of sp³-hybridized carbons (Fsp3) is 0.661. The number of likely N-dealkylation sites (tertiary alicyclic amines) is 3. The van der Waals surface area contributed by atoms with Crippen LogP contribution in [0.4, 0.5) is 9.59 Å². The number of urea groups is 1. The summed E-state index contributed by atoms with van der Waals surface area (Å²) in [6.07, 6.45) is 0.0141. The quantitative estimate of drug-likeness (QED) is 0.0176. The molecule has 0 bridgehead atoms. The number of carbonyl (C=O) groups is 13. The third-order valence-corrected chi connectivity index (χ3v) is 17.4.